The summed E-state index contributed by atoms with van der Waals surface area (Å²) in [4.78, 5) is 13.3. The second-order valence-corrected chi connectivity index (χ2v) is 5.54. The van der Waals surface area contributed by atoms with Gasteiger partial charge in [0.15, 0.2) is 5.82 Å². The number of rotatable bonds is 5. The van der Waals surface area contributed by atoms with Crippen molar-refractivity contribution in [2.45, 2.75) is 33.4 Å². The Bertz CT molecular complexity index is 845. The van der Waals surface area contributed by atoms with Gasteiger partial charge in [0, 0.05) is 18.3 Å². The van der Waals surface area contributed by atoms with E-state index in [1.807, 2.05) is 37.6 Å². The van der Waals surface area contributed by atoms with E-state index in [9.17, 15) is 5.11 Å². The molecule has 2 heterocycles. The average molecular weight is 324 g/mol. The SMILES string of the molecule is CCn1ncnc1[C@H](C)Nc1cc(C)nc(-c2ccccc2O)n1. The van der Waals surface area contributed by atoms with Crippen LogP contribution in [0.3, 0.4) is 0 Å². The predicted molar refractivity (Wildman–Crippen MR) is 91.6 cm³/mol. The van der Waals surface area contributed by atoms with E-state index in [1.165, 1.54) is 0 Å². The molecule has 0 saturated carbocycles. The van der Waals surface area contributed by atoms with Crippen LogP contribution in [0.2, 0.25) is 0 Å². The number of aromatic nitrogens is 5. The highest BCUT2D eigenvalue weighted by molar-refractivity contribution is 5.64. The van der Waals surface area contributed by atoms with Crippen LogP contribution in [0.4, 0.5) is 5.82 Å². The number of hydrogen-bond acceptors (Lipinski definition) is 6. The van der Waals surface area contributed by atoms with Crippen molar-refractivity contribution in [1.29, 1.82) is 0 Å². The lowest BCUT2D eigenvalue weighted by atomic mass is 10.2. The first-order valence-electron chi connectivity index (χ1n) is 7.86. The number of phenolic OH excluding ortho intramolecular Hbond substituents is 1. The van der Waals surface area contributed by atoms with Crippen molar-refractivity contribution in [1.82, 2.24) is 24.7 Å². The van der Waals surface area contributed by atoms with E-state index in [4.69, 9.17) is 0 Å². The number of aryl methyl sites for hydroxylation is 2. The molecule has 1 aromatic carbocycles. The maximum atomic E-state index is 10.0. The van der Waals surface area contributed by atoms with E-state index < -0.39 is 0 Å². The molecule has 24 heavy (non-hydrogen) atoms. The quantitative estimate of drug-likeness (QED) is 0.750. The smallest absolute Gasteiger partial charge is 0.165 e. The van der Waals surface area contributed by atoms with Gasteiger partial charge in [0.2, 0.25) is 0 Å². The zero-order valence-electron chi connectivity index (χ0n) is 13.9. The molecule has 7 nitrogen and oxygen atoms in total. The normalized spacial score (nSPS) is 12.1. The molecule has 2 N–H and O–H groups in total. The molecule has 3 rings (SSSR count). The summed E-state index contributed by atoms with van der Waals surface area (Å²) in [6, 6.07) is 8.85. The Morgan fingerprint density at radius 2 is 2.04 bits per heavy atom. The van der Waals surface area contributed by atoms with E-state index in [0.717, 1.165) is 18.1 Å². The number of nitrogens with one attached hydrogen (secondary N) is 1. The van der Waals surface area contributed by atoms with Crippen LogP contribution in [0, 0.1) is 6.92 Å². The van der Waals surface area contributed by atoms with E-state index in [1.54, 1.807) is 24.5 Å². The molecule has 0 aliphatic heterocycles. The first-order valence-corrected chi connectivity index (χ1v) is 7.86. The number of anilines is 1. The van der Waals surface area contributed by atoms with Crippen LogP contribution >= 0.6 is 0 Å². The molecule has 1 atom stereocenters. The van der Waals surface area contributed by atoms with Gasteiger partial charge in [-0.25, -0.2) is 19.6 Å². The third-order valence-electron chi connectivity index (χ3n) is 3.70. The zero-order valence-corrected chi connectivity index (χ0v) is 13.9. The molecule has 0 spiro atoms. The Morgan fingerprint density at radius 3 is 2.79 bits per heavy atom. The van der Waals surface area contributed by atoms with Crippen LogP contribution < -0.4 is 5.32 Å². The highest BCUT2D eigenvalue weighted by atomic mass is 16.3. The van der Waals surface area contributed by atoms with Gasteiger partial charge in [-0.05, 0) is 32.9 Å². The summed E-state index contributed by atoms with van der Waals surface area (Å²) in [6.07, 6.45) is 1.55. The van der Waals surface area contributed by atoms with Gasteiger partial charge in [-0.15, -0.1) is 0 Å². The lowest BCUT2D eigenvalue weighted by Crippen LogP contribution is -2.15. The second kappa shape index (κ2) is 6.66. The largest absolute Gasteiger partial charge is 0.507 e. The lowest BCUT2D eigenvalue weighted by molar-refractivity contribution is 0.477. The van der Waals surface area contributed by atoms with Gasteiger partial charge in [-0.3, -0.25) is 0 Å². The number of nitrogens with zero attached hydrogens (tertiary/aromatic N) is 5. The van der Waals surface area contributed by atoms with Crippen LogP contribution in [0.5, 0.6) is 5.75 Å². The molecule has 7 heteroatoms. The summed E-state index contributed by atoms with van der Waals surface area (Å²) in [7, 11) is 0. The van der Waals surface area contributed by atoms with Crippen molar-refractivity contribution < 1.29 is 5.11 Å². The number of phenols is 1. The molecule has 0 unspecified atom stereocenters. The van der Waals surface area contributed by atoms with Gasteiger partial charge in [0.25, 0.3) is 0 Å². The van der Waals surface area contributed by atoms with Gasteiger partial charge in [-0.1, -0.05) is 12.1 Å². The van der Waals surface area contributed by atoms with Crippen molar-refractivity contribution in [3.05, 3.63) is 48.2 Å². The predicted octanol–water partition coefficient (Wildman–Crippen LogP) is 2.94. The molecule has 0 aliphatic rings. The van der Waals surface area contributed by atoms with E-state index in [-0.39, 0.29) is 11.8 Å². The van der Waals surface area contributed by atoms with Crippen molar-refractivity contribution in [3.63, 3.8) is 0 Å². The molecule has 0 saturated heterocycles. The molecular weight excluding hydrogens is 304 g/mol. The Hall–Kier alpha value is -2.96. The molecular formula is C17H20N6O. The second-order valence-electron chi connectivity index (χ2n) is 5.54. The van der Waals surface area contributed by atoms with Gasteiger partial charge in [0.1, 0.15) is 23.7 Å². The van der Waals surface area contributed by atoms with E-state index >= 15 is 0 Å². The molecule has 0 bridgehead atoms. The summed E-state index contributed by atoms with van der Waals surface area (Å²) < 4.78 is 1.84. The van der Waals surface area contributed by atoms with Gasteiger partial charge in [-0.2, -0.15) is 5.10 Å². The summed E-state index contributed by atoms with van der Waals surface area (Å²) in [5, 5.41) is 17.5. The topological polar surface area (TPSA) is 88.8 Å². The third-order valence-corrected chi connectivity index (χ3v) is 3.70. The molecule has 0 aliphatic carbocycles. The average Bonchev–Trinajstić information content (AvgIpc) is 3.03. The molecule has 124 valence electrons. The van der Waals surface area contributed by atoms with Crippen LogP contribution in [-0.4, -0.2) is 29.8 Å². The number of aromatic hydroxyl groups is 1. The highest BCUT2D eigenvalue weighted by Crippen LogP contribution is 2.27. The molecule has 3 aromatic rings. The van der Waals surface area contributed by atoms with Crippen LogP contribution in [0.25, 0.3) is 11.4 Å². The number of benzene rings is 1. The fourth-order valence-corrected chi connectivity index (χ4v) is 2.56. The lowest BCUT2D eigenvalue weighted by Gasteiger charge is -2.15. The molecule has 0 fully saturated rings. The van der Waals surface area contributed by atoms with Gasteiger partial charge >= 0.3 is 0 Å². The maximum Gasteiger partial charge on any atom is 0.165 e. The zero-order chi connectivity index (χ0) is 17.1. The van der Waals surface area contributed by atoms with Crippen molar-refractivity contribution >= 4 is 5.82 Å². The first kappa shape index (κ1) is 15.9. The monoisotopic (exact) mass is 324 g/mol. The minimum atomic E-state index is -0.0565. The van der Waals surface area contributed by atoms with E-state index in [0.29, 0.717) is 17.2 Å². The first-order chi connectivity index (χ1) is 11.6. The number of para-hydroxylation sites is 1. The fourth-order valence-electron chi connectivity index (χ4n) is 2.56. The van der Waals surface area contributed by atoms with Crippen molar-refractivity contribution in [2.24, 2.45) is 0 Å². The Morgan fingerprint density at radius 1 is 1.25 bits per heavy atom. The van der Waals surface area contributed by atoms with Crippen LogP contribution in [-0.2, 0) is 6.54 Å². The van der Waals surface area contributed by atoms with Gasteiger partial charge < -0.3 is 10.4 Å². The molecule has 0 radical (unpaired) electrons. The van der Waals surface area contributed by atoms with Crippen LogP contribution in [0.1, 0.15) is 31.4 Å². The van der Waals surface area contributed by atoms with Crippen molar-refractivity contribution in [2.75, 3.05) is 5.32 Å². The summed E-state index contributed by atoms with van der Waals surface area (Å²) in [6.45, 7) is 6.69. The molecule has 2 aromatic heterocycles. The Kier molecular flexibility index (Phi) is 4.41. The van der Waals surface area contributed by atoms with Gasteiger partial charge in [0.05, 0.1) is 11.6 Å². The Balaban J connectivity index is 1.91. The number of hydrogen-bond donors (Lipinski definition) is 2. The molecule has 0 amide bonds. The standard InChI is InChI=1S/C17H20N6O/c1-4-23-17(18-10-19-23)12(3)21-15-9-11(2)20-16(22-15)13-7-5-6-8-14(13)24/h5-10,12,24H,4H2,1-3H3,(H,20,21,22)/t12-/m0/s1. The fraction of sp³-hybridized carbons (Fsp3) is 0.294. The van der Waals surface area contributed by atoms with Crippen LogP contribution in [0.15, 0.2) is 36.7 Å². The third kappa shape index (κ3) is 3.19. The summed E-state index contributed by atoms with van der Waals surface area (Å²) in [5.74, 6) is 2.17. The highest BCUT2D eigenvalue weighted by Gasteiger charge is 2.15. The minimum absolute atomic E-state index is 0.0565. The van der Waals surface area contributed by atoms with Crippen molar-refractivity contribution in [3.8, 4) is 17.1 Å². The maximum absolute atomic E-state index is 10.0. The summed E-state index contributed by atoms with van der Waals surface area (Å²) >= 11 is 0. The van der Waals surface area contributed by atoms with E-state index in [2.05, 4.69) is 25.4 Å². The Labute approximate surface area is 140 Å². The minimum Gasteiger partial charge on any atom is -0.507 e. The summed E-state index contributed by atoms with van der Waals surface area (Å²) in [5.41, 5.74) is 1.42.